The van der Waals surface area contributed by atoms with Gasteiger partial charge in [-0.3, -0.25) is 9.78 Å². The molecule has 0 radical (unpaired) electrons. The normalized spacial score (nSPS) is 14.5. The van der Waals surface area contributed by atoms with Crippen molar-refractivity contribution in [1.29, 1.82) is 5.26 Å². The second kappa shape index (κ2) is 8.52. The fraction of sp³-hybridized carbons (Fsp3) is 0.450. The molecule has 1 aliphatic rings. The van der Waals surface area contributed by atoms with Gasteiger partial charge in [-0.25, -0.2) is 4.98 Å². The number of hydrogen-bond acceptors (Lipinski definition) is 5. The molecular formula is C20H24N4O2. The Morgan fingerprint density at radius 1 is 1.27 bits per heavy atom. The molecule has 6 nitrogen and oxygen atoms in total. The van der Waals surface area contributed by atoms with E-state index in [0.717, 1.165) is 37.9 Å². The van der Waals surface area contributed by atoms with Crippen LogP contribution in [0, 0.1) is 11.3 Å². The third-order valence-electron chi connectivity index (χ3n) is 4.50. The molecule has 6 heteroatoms. The fourth-order valence-electron chi connectivity index (χ4n) is 3.16. The molecule has 1 aliphatic heterocycles. The Kier molecular flexibility index (Phi) is 5.90. The van der Waals surface area contributed by atoms with Crippen molar-refractivity contribution in [3.8, 4) is 23.1 Å². The van der Waals surface area contributed by atoms with Gasteiger partial charge >= 0.3 is 0 Å². The van der Waals surface area contributed by atoms with E-state index < -0.39 is 5.56 Å². The van der Waals surface area contributed by atoms with Crippen molar-refractivity contribution >= 4 is 5.95 Å². The zero-order valence-corrected chi connectivity index (χ0v) is 15.1. The van der Waals surface area contributed by atoms with Crippen LogP contribution in [0.25, 0.3) is 11.3 Å². The van der Waals surface area contributed by atoms with Crippen LogP contribution in [0.1, 0.15) is 44.6 Å². The number of anilines is 1. The molecule has 0 aliphatic carbocycles. The summed E-state index contributed by atoms with van der Waals surface area (Å²) in [6.07, 6.45) is 5.47. The number of nitriles is 1. The van der Waals surface area contributed by atoms with E-state index in [0.29, 0.717) is 24.0 Å². The Labute approximate surface area is 153 Å². The summed E-state index contributed by atoms with van der Waals surface area (Å²) in [5.74, 6) is 1.26. The van der Waals surface area contributed by atoms with E-state index >= 15 is 0 Å². The molecular weight excluding hydrogens is 328 g/mol. The summed E-state index contributed by atoms with van der Waals surface area (Å²) in [5.41, 5.74) is 0.780. The smallest absolute Gasteiger partial charge is 0.270 e. The monoisotopic (exact) mass is 352 g/mol. The third-order valence-corrected chi connectivity index (χ3v) is 4.50. The van der Waals surface area contributed by atoms with Crippen molar-refractivity contribution in [3.05, 3.63) is 40.2 Å². The van der Waals surface area contributed by atoms with Crippen LogP contribution in [0.2, 0.25) is 0 Å². The maximum absolute atomic E-state index is 12.5. The highest BCUT2D eigenvalue weighted by molar-refractivity contribution is 5.68. The largest absolute Gasteiger partial charge is 0.494 e. The van der Waals surface area contributed by atoms with Gasteiger partial charge in [0.1, 0.15) is 17.4 Å². The molecule has 3 rings (SSSR count). The molecule has 136 valence electrons. The van der Waals surface area contributed by atoms with Gasteiger partial charge in [0.25, 0.3) is 5.56 Å². The number of hydrogen-bond donors (Lipinski definition) is 1. The van der Waals surface area contributed by atoms with Gasteiger partial charge in [0, 0.05) is 18.7 Å². The lowest BCUT2D eigenvalue weighted by Crippen LogP contribution is -2.29. The van der Waals surface area contributed by atoms with E-state index in [9.17, 15) is 10.1 Å². The van der Waals surface area contributed by atoms with Gasteiger partial charge < -0.3 is 9.64 Å². The highest BCUT2D eigenvalue weighted by Crippen LogP contribution is 2.26. The lowest BCUT2D eigenvalue weighted by atomic mass is 10.1. The van der Waals surface area contributed by atoms with E-state index in [1.165, 1.54) is 12.8 Å². The Morgan fingerprint density at radius 3 is 2.73 bits per heavy atom. The lowest BCUT2D eigenvalue weighted by Gasteiger charge is -2.21. The van der Waals surface area contributed by atoms with Gasteiger partial charge in [0.2, 0.25) is 5.95 Å². The molecule has 1 aromatic heterocycles. The SMILES string of the molecule is CCCOc1cccc(-c2nc(N3CCCCCC3)[nH]c(=O)c2C#N)c1. The number of H-pyrrole nitrogens is 1. The van der Waals surface area contributed by atoms with Gasteiger partial charge in [-0.1, -0.05) is 31.9 Å². The third kappa shape index (κ3) is 4.05. The summed E-state index contributed by atoms with van der Waals surface area (Å²) in [6, 6.07) is 9.42. The first kappa shape index (κ1) is 18.0. The minimum atomic E-state index is -0.392. The van der Waals surface area contributed by atoms with E-state index in [1.54, 1.807) is 0 Å². The van der Waals surface area contributed by atoms with Crippen LogP contribution in [0.3, 0.4) is 0 Å². The minimum absolute atomic E-state index is 0.0382. The lowest BCUT2D eigenvalue weighted by molar-refractivity contribution is 0.317. The van der Waals surface area contributed by atoms with Gasteiger partial charge in [0.05, 0.1) is 12.3 Å². The maximum atomic E-state index is 12.5. The standard InChI is InChI=1S/C20H24N4O2/c1-2-12-26-16-9-7-8-15(13-16)18-17(14-21)19(25)23-20(22-18)24-10-5-3-4-6-11-24/h7-9,13H,2-6,10-12H2,1H3,(H,22,23,25). The van der Waals surface area contributed by atoms with Crippen molar-refractivity contribution in [2.75, 3.05) is 24.6 Å². The number of nitrogens with zero attached hydrogens (tertiary/aromatic N) is 3. The van der Waals surface area contributed by atoms with Gasteiger partial charge in [0.15, 0.2) is 0 Å². The van der Waals surface area contributed by atoms with Crippen LogP contribution in [0.5, 0.6) is 5.75 Å². The Bertz CT molecular complexity index is 846. The average molecular weight is 352 g/mol. The summed E-state index contributed by atoms with van der Waals surface area (Å²) in [4.78, 5) is 22.0. The van der Waals surface area contributed by atoms with Crippen LogP contribution in [-0.4, -0.2) is 29.7 Å². The minimum Gasteiger partial charge on any atom is -0.494 e. The van der Waals surface area contributed by atoms with Gasteiger partial charge in [-0.15, -0.1) is 0 Å². The first-order valence-corrected chi connectivity index (χ1v) is 9.25. The zero-order chi connectivity index (χ0) is 18.4. The number of aromatic amines is 1. The molecule has 2 heterocycles. The van der Waals surface area contributed by atoms with E-state index in [2.05, 4.69) is 14.9 Å². The van der Waals surface area contributed by atoms with E-state index in [-0.39, 0.29) is 5.56 Å². The Balaban J connectivity index is 2.02. The van der Waals surface area contributed by atoms with Crippen molar-refractivity contribution in [2.24, 2.45) is 0 Å². The first-order valence-electron chi connectivity index (χ1n) is 9.25. The molecule has 1 saturated heterocycles. The topological polar surface area (TPSA) is 82.0 Å². The summed E-state index contributed by atoms with van der Waals surface area (Å²) in [6.45, 7) is 4.40. The quantitative estimate of drug-likeness (QED) is 0.891. The molecule has 1 N–H and O–H groups in total. The molecule has 0 saturated carbocycles. The molecule has 2 aromatic rings. The van der Waals surface area contributed by atoms with Gasteiger partial charge in [-0.05, 0) is 31.4 Å². The van der Waals surface area contributed by atoms with Crippen molar-refractivity contribution in [2.45, 2.75) is 39.0 Å². The van der Waals surface area contributed by atoms with Crippen LogP contribution in [-0.2, 0) is 0 Å². The molecule has 0 bridgehead atoms. The summed E-state index contributed by atoms with van der Waals surface area (Å²) in [7, 11) is 0. The van der Waals surface area contributed by atoms with E-state index in [4.69, 9.17) is 4.74 Å². The maximum Gasteiger partial charge on any atom is 0.270 e. The van der Waals surface area contributed by atoms with Crippen LogP contribution >= 0.6 is 0 Å². The molecule has 0 unspecified atom stereocenters. The Morgan fingerprint density at radius 2 is 2.04 bits per heavy atom. The summed E-state index contributed by atoms with van der Waals surface area (Å²) in [5, 5.41) is 9.46. The molecule has 1 aromatic carbocycles. The predicted molar refractivity (Wildman–Crippen MR) is 101 cm³/mol. The number of ether oxygens (including phenoxy) is 1. The van der Waals surface area contributed by atoms with Crippen LogP contribution in [0.15, 0.2) is 29.1 Å². The number of nitrogens with one attached hydrogen (secondary N) is 1. The highest BCUT2D eigenvalue weighted by Gasteiger charge is 2.18. The van der Waals surface area contributed by atoms with Crippen molar-refractivity contribution < 1.29 is 4.74 Å². The average Bonchev–Trinajstić information content (AvgIpc) is 2.95. The Hall–Kier alpha value is -2.81. The number of aromatic nitrogens is 2. The first-order chi connectivity index (χ1) is 12.7. The highest BCUT2D eigenvalue weighted by atomic mass is 16.5. The molecule has 0 spiro atoms. The molecule has 26 heavy (non-hydrogen) atoms. The summed E-state index contributed by atoms with van der Waals surface area (Å²) < 4.78 is 5.68. The predicted octanol–water partition coefficient (Wildman–Crippen LogP) is 3.48. The molecule has 1 fully saturated rings. The summed E-state index contributed by atoms with van der Waals surface area (Å²) >= 11 is 0. The number of benzene rings is 1. The van der Waals surface area contributed by atoms with Crippen LogP contribution in [0.4, 0.5) is 5.95 Å². The van der Waals surface area contributed by atoms with Crippen molar-refractivity contribution in [3.63, 3.8) is 0 Å². The van der Waals surface area contributed by atoms with Gasteiger partial charge in [-0.2, -0.15) is 5.26 Å². The second-order valence-corrected chi connectivity index (χ2v) is 6.50. The number of rotatable bonds is 5. The van der Waals surface area contributed by atoms with E-state index in [1.807, 2.05) is 37.3 Å². The zero-order valence-electron chi connectivity index (χ0n) is 15.1. The second-order valence-electron chi connectivity index (χ2n) is 6.50. The molecule has 0 atom stereocenters. The van der Waals surface area contributed by atoms with Crippen LogP contribution < -0.4 is 15.2 Å². The van der Waals surface area contributed by atoms with Crippen molar-refractivity contribution in [1.82, 2.24) is 9.97 Å². The fourth-order valence-corrected chi connectivity index (χ4v) is 3.16. The molecule has 0 amide bonds.